The number of benzene rings is 2. The fourth-order valence-corrected chi connectivity index (χ4v) is 2.39. The average Bonchev–Trinajstić information content (AvgIpc) is 2.41. The molecular weight excluding hydrogens is 303 g/mol. The van der Waals surface area contributed by atoms with Crippen LogP contribution in [0.25, 0.3) is 0 Å². The fourth-order valence-electron chi connectivity index (χ4n) is 1.93. The van der Waals surface area contributed by atoms with Gasteiger partial charge in [0, 0.05) is 10.0 Å². The van der Waals surface area contributed by atoms with Gasteiger partial charge in [-0.15, -0.1) is 0 Å². The molecule has 1 nitrogen and oxygen atoms in total. The van der Waals surface area contributed by atoms with E-state index in [1.807, 2.05) is 0 Å². The molecule has 0 saturated carbocycles. The molecular formula is C15H13Cl2F2N. The predicted octanol–water partition coefficient (Wildman–Crippen LogP) is 5.75. The molecule has 106 valence electrons. The summed E-state index contributed by atoms with van der Waals surface area (Å²) in [7, 11) is 0. The maximum atomic E-state index is 14.0. The maximum Gasteiger partial charge on any atom is 0.152 e. The van der Waals surface area contributed by atoms with Crippen LogP contribution in [0.1, 0.15) is 24.1 Å². The minimum absolute atomic E-state index is 0.159. The van der Waals surface area contributed by atoms with E-state index in [0.29, 0.717) is 21.2 Å². The lowest BCUT2D eigenvalue weighted by molar-refractivity contribution is 0.579. The van der Waals surface area contributed by atoms with Gasteiger partial charge in [-0.05, 0) is 49.2 Å². The van der Waals surface area contributed by atoms with E-state index in [9.17, 15) is 8.78 Å². The first-order chi connectivity index (χ1) is 9.40. The molecule has 0 aromatic heterocycles. The highest BCUT2D eigenvalue weighted by molar-refractivity contribution is 6.33. The topological polar surface area (TPSA) is 12.0 Å². The van der Waals surface area contributed by atoms with Crippen molar-refractivity contribution in [3.63, 3.8) is 0 Å². The molecule has 0 saturated heterocycles. The molecule has 0 aliphatic rings. The van der Waals surface area contributed by atoms with E-state index in [4.69, 9.17) is 23.2 Å². The molecule has 0 spiro atoms. The molecule has 20 heavy (non-hydrogen) atoms. The molecule has 0 bridgehead atoms. The van der Waals surface area contributed by atoms with Crippen LogP contribution in [0.5, 0.6) is 0 Å². The summed E-state index contributed by atoms with van der Waals surface area (Å²) in [5, 5.41) is 3.82. The second-order valence-corrected chi connectivity index (χ2v) is 5.43. The standard InChI is InChI=1S/C15H13Cl2F2N/c1-8-3-6-13(18)15(14(8)19)20-9(2)11-7-10(16)4-5-12(11)17/h3-7,9,20H,1-2H3. The summed E-state index contributed by atoms with van der Waals surface area (Å²) in [5.41, 5.74) is 0.895. The summed E-state index contributed by atoms with van der Waals surface area (Å²) < 4.78 is 27.7. The predicted molar refractivity (Wildman–Crippen MR) is 79.6 cm³/mol. The van der Waals surface area contributed by atoms with E-state index in [1.54, 1.807) is 32.0 Å². The number of nitrogens with one attached hydrogen (secondary N) is 1. The summed E-state index contributed by atoms with van der Waals surface area (Å²) >= 11 is 12.0. The smallest absolute Gasteiger partial charge is 0.152 e. The molecule has 5 heteroatoms. The van der Waals surface area contributed by atoms with Crippen molar-refractivity contribution < 1.29 is 8.78 Å². The largest absolute Gasteiger partial charge is 0.374 e. The first-order valence-electron chi connectivity index (χ1n) is 6.06. The molecule has 2 aromatic carbocycles. The third-order valence-electron chi connectivity index (χ3n) is 3.07. The Hall–Kier alpha value is -1.32. The fraction of sp³-hybridized carbons (Fsp3) is 0.200. The zero-order chi connectivity index (χ0) is 14.9. The summed E-state index contributed by atoms with van der Waals surface area (Å²) in [6, 6.07) is 7.23. The lowest BCUT2D eigenvalue weighted by Gasteiger charge is -2.19. The van der Waals surface area contributed by atoms with Gasteiger partial charge in [0.05, 0.1) is 6.04 Å². The van der Waals surface area contributed by atoms with Crippen molar-refractivity contribution in [2.75, 3.05) is 5.32 Å². The van der Waals surface area contributed by atoms with E-state index in [1.165, 1.54) is 12.1 Å². The first kappa shape index (κ1) is 15.1. The SMILES string of the molecule is Cc1ccc(F)c(NC(C)c2cc(Cl)ccc2Cl)c1F. The zero-order valence-corrected chi connectivity index (χ0v) is 12.5. The van der Waals surface area contributed by atoms with E-state index >= 15 is 0 Å². The zero-order valence-electron chi connectivity index (χ0n) is 11.0. The highest BCUT2D eigenvalue weighted by atomic mass is 35.5. The lowest BCUT2D eigenvalue weighted by Crippen LogP contribution is -2.10. The number of anilines is 1. The molecule has 0 heterocycles. The van der Waals surface area contributed by atoms with E-state index in [-0.39, 0.29) is 11.7 Å². The molecule has 0 radical (unpaired) electrons. The van der Waals surface area contributed by atoms with E-state index in [2.05, 4.69) is 5.32 Å². The Morgan fingerprint density at radius 2 is 1.80 bits per heavy atom. The van der Waals surface area contributed by atoms with Crippen LogP contribution in [0.4, 0.5) is 14.5 Å². The van der Waals surface area contributed by atoms with Gasteiger partial charge in [0.15, 0.2) is 5.82 Å². The Labute approximate surface area is 126 Å². The van der Waals surface area contributed by atoms with Crippen LogP contribution in [0, 0.1) is 18.6 Å². The number of rotatable bonds is 3. The molecule has 1 N–H and O–H groups in total. The summed E-state index contributed by atoms with van der Waals surface area (Å²) in [5.74, 6) is -1.24. The van der Waals surface area contributed by atoms with Crippen molar-refractivity contribution in [2.24, 2.45) is 0 Å². The second kappa shape index (κ2) is 5.98. The minimum Gasteiger partial charge on any atom is -0.374 e. The van der Waals surface area contributed by atoms with Crippen LogP contribution < -0.4 is 5.32 Å². The van der Waals surface area contributed by atoms with Gasteiger partial charge in [0.1, 0.15) is 11.5 Å². The third-order valence-corrected chi connectivity index (χ3v) is 3.65. The Balaban J connectivity index is 2.35. The highest BCUT2D eigenvalue weighted by Crippen LogP contribution is 2.31. The number of hydrogen-bond acceptors (Lipinski definition) is 1. The van der Waals surface area contributed by atoms with Crippen LogP contribution >= 0.6 is 23.2 Å². The Morgan fingerprint density at radius 1 is 1.10 bits per heavy atom. The normalized spacial score (nSPS) is 12.3. The van der Waals surface area contributed by atoms with Gasteiger partial charge in [-0.3, -0.25) is 0 Å². The van der Waals surface area contributed by atoms with Crippen molar-refractivity contribution >= 4 is 28.9 Å². The van der Waals surface area contributed by atoms with Crippen LogP contribution in [0.2, 0.25) is 10.0 Å². The molecule has 2 rings (SSSR count). The molecule has 0 aliphatic carbocycles. The monoisotopic (exact) mass is 315 g/mol. The van der Waals surface area contributed by atoms with Crippen LogP contribution in [-0.2, 0) is 0 Å². The van der Waals surface area contributed by atoms with Crippen molar-refractivity contribution in [3.8, 4) is 0 Å². The first-order valence-corrected chi connectivity index (χ1v) is 6.82. The maximum absolute atomic E-state index is 14.0. The van der Waals surface area contributed by atoms with Gasteiger partial charge in [-0.1, -0.05) is 29.3 Å². The molecule has 1 unspecified atom stereocenters. The van der Waals surface area contributed by atoms with Gasteiger partial charge in [-0.25, -0.2) is 8.78 Å². The van der Waals surface area contributed by atoms with Crippen LogP contribution in [0.15, 0.2) is 30.3 Å². The molecule has 0 amide bonds. The second-order valence-electron chi connectivity index (χ2n) is 4.59. The summed E-state index contributed by atoms with van der Waals surface area (Å²) in [6.07, 6.45) is 0. The van der Waals surface area contributed by atoms with Crippen molar-refractivity contribution in [1.82, 2.24) is 0 Å². The third kappa shape index (κ3) is 3.05. The Kier molecular flexibility index (Phi) is 4.51. The number of hydrogen-bond donors (Lipinski definition) is 1. The Bertz CT molecular complexity index is 644. The van der Waals surface area contributed by atoms with Gasteiger partial charge in [-0.2, -0.15) is 0 Å². The van der Waals surface area contributed by atoms with Crippen molar-refractivity contribution in [3.05, 3.63) is 63.1 Å². The van der Waals surface area contributed by atoms with Gasteiger partial charge in [0.2, 0.25) is 0 Å². The summed E-state index contributed by atoms with van der Waals surface area (Å²) in [4.78, 5) is 0. The van der Waals surface area contributed by atoms with Crippen molar-refractivity contribution in [2.45, 2.75) is 19.9 Å². The minimum atomic E-state index is -0.641. The van der Waals surface area contributed by atoms with E-state index < -0.39 is 11.6 Å². The molecule has 0 aliphatic heterocycles. The van der Waals surface area contributed by atoms with Gasteiger partial charge in [0.25, 0.3) is 0 Å². The lowest BCUT2D eigenvalue weighted by atomic mass is 10.1. The van der Waals surface area contributed by atoms with Crippen molar-refractivity contribution in [1.29, 1.82) is 0 Å². The van der Waals surface area contributed by atoms with Gasteiger partial charge >= 0.3 is 0 Å². The number of aryl methyl sites for hydroxylation is 1. The highest BCUT2D eigenvalue weighted by Gasteiger charge is 2.16. The van der Waals surface area contributed by atoms with E-state index in [0.717, 1.165) is 0 Å². The van der Waals surface area contributed by atoms with Gasteiger partial charge < -0.3 is 5.32 Å². The Morgan fingerprint density at radius 3 is 2.50 bits per heavy atom. The number of halogens is 4. The molecule has 1 atom stereocenters. The van der Waals surface area contributed by atoms with Crippen LogP contribution in [-0.4, -0.2) is 0 Å². The summed E-state index contributed by atoms with van der Waals surface area (Å²) in [6.45, 7) is 3.34. The molecule has 2 aromatic rings. The molecule has 0 fully saturated rings. The quantitative estimate of drug-likeness (QED) is 0.760. The average molecular weight is 316 g/mol. The van der Waals surface area contributed by atoms with Crippen LogP contribution in [0.3, 0.4) is 0 Å².